The number of carbonyl (C=O) groups excluding carboxylic acids is 5. The van der Waals surface area contributed by atoms with Gasteiger partial charge in [0.05, 0.1) is 30.0 Å². The molecular formula is C35H44ClN3O7. The van der Waals surface area contributed by atoms with Gasteiger partial charge in [0.15, 0.2) is 11.8 Å². The van der Waals surface area contributed by atoms with E-state index in [0.29, 0.717) is 16.2 Å². The molecule has 1 fully saturated rings. The molecule has 1 aliphatic rings. The van der Waals surface area contributed by atoms with Crippen molar-refractivity contribution in [2.45, 2.75) is 91.0 Å². The summed E-state index contributed by atoms with van der Waals surface area (Å²) in [6.45, 7) is 5.72. The number of halogens is 1. The second-order valence-corrected chi connectivity index (χ2v) is 11.9. The number of urea groups is 1. The minimum absolute atomic E-state index is 0.0158. The number of ether oxygens (including phenoxy) is 2. The third kappa shape index (κ3) is 9.91. The second-order valence-electron chi connectivity index (χ2n) is 11.5. The fourth-order valence-corrected chi connectivity index (χ4v) is 5.23. The number of amides is 4. The number of rotatable bonds is 18. The first-order valence-electron chi connectivity index (χ1n) is 15.9. The van der Waals surface area contributed by atoms with Gasteiger partial charge in [0.25, 0.3) is 11.8 Å². The number of unbranched alkanes of at least 4 members (excludes halogenated alkanes) is 9. The Morgan fingerprint density at radius 1 is 0.870 bits per heavy atom. The van der Waals surface area contributed by atoms with Crippen LogP contribution in [0.5, 0.6) is 5.75 Å². The number of imide groups is 1. The van der Waals surface area contributed by atoms with Gasteiger partial charge in [-0.2, -0.15) is 0 Å². The van der Waals surface area contributed by atoms with Crippen LogP contribution in [0.1, 0.15) is 106 Å². The maximum atomic E-state index is 13.7. The van der Waals surface area contributed by atoms with Gasteiger partial charge in [-0.25, -0.2) is 14.5 Å². The summed E-state index contributed by atoms with van der Waals surface area (Å²) in [6, 6.07) is 7.35. The van der Waals surface area contributed by atoms with Gasteiger partial charge in [0, 0.05) is 5.56 Å². The summed E-state index contributed by atoms with van der Waals surface area (Å²) >= 11 is 6.35. The molecule has 1 atom stereocenters. The number of allylic oxidation sites excluding steroid dienone is 1. The van der Waals surface area contributed by atoms with Crippen LogP contribution in [0, 0.1) is 0 Å². The minimum Gasteiger partial charge on any atom is -0.497 e. The van der Waals surface area contributed by atoms with E-state index in [4.69, 9.17) is 21.1 Å². The van der Waals surface area contributed by atoms with E-state index in [1.807, 2.05) is 0 Å². The molecule has 1 saturated heterocycles. The van der Waals surface area contributed by atoms with Crippen molar-refractivity contribution >= 4 is 46.9 Å². The Bertz CT molecular complexity index is 1430. The van der Waals surface area contributed by atoms with E-state index in [9.17, 15) is 24.0 Å². The van der Waals surface area contributed by atoms with Gasteiger partial charge in [0.1, 0.15) is 11.4 Å². The molecule has 2 aromatic rings. The van der Waals surface area contributed by atoms with Crippen LogP contribution in [0.3, 0.4) is 0 Å². The lowest BCUT2D eigenvalue weighted by molar-refractivity contribution is -0.129. The second kappa shape index (κ2) is 18.1. The van der Waals surface area contributed by atoms with Crippen molar-refractivity contribution in [1.29, 1.82) is 0 Å². The van der Waals surface area contributed by atoms with Gasteiger partial charge in [-0.1, -0.05) is 76.3 Å². The number of Topliss-reactive ketones (excluding diaryl/α,β-unsaturated/α-hetero) is 1. The van der Waals surface area contributed by atoms with E-state index < -0.39 is 35.6 Å². The highest BCUT2D eigenvalue weighted by Crippen LogP contribution is 2.26. The Labute approximate surface area is 275 Å². The molecule has 10 nitrogen and oxygen atoms in total. The smallest absolute Gasteiger partial charge is 0.338 e. The predicted molar refractivity (Wildman–Crippen MR) is 177 cm³/mol. The Hall–Kier alpha value is -4.18. The average Bonchev–Trinajstić information content (AvgIpc) is 3.34. The summed E-state index contributed by atoms with van der Waals surface area (Å²) in [4.78, 5) is 66.8. The summed E-state index contributed by atoms with van der Waals surface area (Å²) in [7, 11) is 1.47. The van der Waals surface area contributed by atoms with Gasteiger partial charge in [-0.05, 0) is 68.3 Å². The van der Waals surface area contributed by atoms with Gasteiger partial charge in [-0.3, -0.25) is 14.4 Å². The first-order chi connectivity index (χ1) is 22.1. The number of nitrogens with zero attached hydrogens (tertiary/aromatic N) is 1. The van der Waals surface area contributed by atoms with Crippen molar-refractivity contribution in [2.24, 2.45) is 0 Å². The summed E-state index contributed by atoms with van der Waals surface area (Å²) in [5.41, 5.74) is 0.718. The first kappa shape index (κ1) is 36.3. The SMILES string of the molecule is CCCCCCCCCCCCOC(=O)c1ccc(Cl)c(NC(=O)C(C(=O)c2ccc(OC)cc2)N2C(=O)NC(=C(C)C)C2=O)c1. The summed E-state index contributed by atoms with van der Waals surface area (Å²) < 4.78 is 10.6. The number of methoxy groups -OCH3 is 1. The van der Waals surface area contributed by atoms with Crippen LogP contribution < -0.4 is 15.4 Å². The molecule has 3 rings (SSSR count). The standard InChI is InChI=1S/C35H44ClN3O7/c1-5-6-7-8-9-10-11-12-13-14-21-46-34(43)25-17-20-27(36)28(22-25)37-32(41)30(31(40)24-15-18-26(45-4)19-16-24)39-33(42)29(23(2)3)38-35(39)44/h15-20,22,30H,5-14,21H2,1-4H3,(H,37,41)(H,38,44). The molecule has 1 heterocycles. The Kier molecular flexibility index (Phi) is 14.3. The lowest BCUT2D eigenvalue weighted by atomic mass is 10.0. The molecule has 0 radical (unpaired) electrons. The zero-order valence-electron chi connectivity index (χ0n) is 27.1. The Morgan fingerprint density at radius 3 is 2.02 bits per heavy atom. The number of hydrogen-bond donors (Lipinski definition) is 2. The molecular weight excluding hydrogens is 610 g/mol. The minimum atomic E-state index is -1.87. The normalized spacial score (nSPS) is 13.3. The van der Waals surface area contributed by atoms with E-state index in [0.717, 1.165) is 19.3 Å². The van der Waals surface area contributed by atoms with Crippen LogP contribution >= 0.6 is 11.6 Å². The number of hydrogen-bond acceptors (Lipinski definition) is 7. The highest BCUT2D eigenvalue weighted by Gasteiger charge is 2.46. The molecule has 2 aromatic carbocycles. The number of carbonyl (C=O) groups is 5. The molecule has 0 bridgehead atoms. The van der Waals surface area contributed by atoms with Crippen molar-refractivity contribution in [2.75, 3.05) is 19.0 Å². The van der Waals surface area contributed by atoms with Crippen molar-refractivity contribution in [3.8, 4) is 5.75 Å². The molecule has 1 unspecified atom stereocenters. The number of benzene rings is 2. The van der Waals surface area contributed by atoms with Crippen molar-refractivity contribution in [1.82, 2.24) is 10.2 Å². The molecule has 0 spiro atoms. The summed E-state index contributed by atoms with van der Waals surface area (Å²) in [6.07, 6.45) is 11.6. The number of ketones is 1. The average molecular weight is 654 g/mol. The van der Waals surface area contributed by atoms with Crippen LogP contribution in [-0.4, -0.2) is 54.3 Å². The van der Waals surface area contributed by atoms with Crippen molar-refractivity contribution < 1.29 is 33.4 Å². The van der Waals surface area contributed by atoms with Crippen molar-refractivity contribution in [3.05, 3.63) is 69.9 Å². The zero-order valence-corrected chi connectivity index (χ0v) is 27.8. The van der Waals surface area contributed by atoms with E-state index in [1.54, 1.807) is 13.8 Å². The highest BCUT2D eigenvalue weighted by molar-refractivity contribution is 6.34. The van der Waals surface area contributed by atoms with Gasteiger partial charge in [-0.15, -0.1) is 0 Å². The number of esters is 1. The predicted octanol–water partition coefficient (Wildman–Crippen LogP) is 7.46. The third-order valence-corrected chi connectivity index (χ3v) is 8.03. The zero-order chi connectivity index (χ0) is 33.6. The van der Waals surface area contributed by atoms with Crippen LogP contribution in [0.15, 0.2) is 53.7 Å². The molecule has 1 aliphatic heterocycles. The molecule has 248 valence electrons. The lowest BCUT2D eigenvalue weighted by Crippen LogP contribution is -2.52. The van der Waals surface area contributed by atoms with E-state index in [1.165, 1.54) is 94.5 Å². The quantitative estimate of drug-likeness (QED) is 0.0426. The van der Waals surface area contributed by atoms with Crippen LogP contribution in [0.4, 0.5) is 10.5 Å². The monoisotopic (exact) mass is 653 g/mol. The van der Waals surface area contributed by atoms with Gasteiger partial charge in [0.2, 0.25) is 0 Å². The number of nitrogens with one attached hydrogen (secondary N) is 2. The molecule has 11 heteroatoms. The maximum absolute atomic E-state index is 13.7. The summed E-state index contributed by atoms with van der Waals surface area (Å²) in [5.74, 6) is -2.72. The van der Waals surface area contributed by atoms with E-state index in [-0.39, 0.29) is 34.1 Å². The lowest BCUT2D eigenvalue weighted by Gasteiger charge is -2.23. The highest BCUT2D eigenvalue weighted by atomic mass is 35.5. The third-order valence-electron chi connectivity index (χ3n) is 7.70. The molecule has 0 aromatic heterocycles. The van der Waals surface area contributed by atoms with Crippen LogP contribution in [0.2, 0.25) is 5.02 Å². The molecule has 4 amide bonds. The van der Waals surface area contributed by atoms with Crippen LogP contribution in [0.25, 0.3) is 0 Å². The van der Waals surface area contributed by atoms with E-state index >= 15 is 0 Å². The Balaban J connectivity index is 1.68. The molecule has 0 saturated carbocycles. The van der Waals surface area contributed by atoms with Crippen molar-refractivity contribution in [3.63, 3.8) is 0 Å². The topological polar surface area (TPSA) is 131 Å². The summed E-state index contributed by atoms with van der Waals surface area (Å²) in [5, 5.41) is 5.06. The molecule has 2 N–H and O–H groups in total. The van der Waals surface area contributed by atoms with Gasteiger partial charge < -0.3 is 20.1 Å². The molecule has 0 aliphatic carbocycles. The van der Waals surface area contributed by atoms with E-state index in [2.05, 4.69) is 17.6 Å². The van der Waals surface area contributed by atoms with Gasteiger partial charge >= 0.3 is 12.0 Å². The largest absolute Gasteiger partial charge is 0.497 e. The number of anilines is 1. The molecule has 46 heavy (non-hydrogen) atoms. The van der Waals surface area contributed by atoms with Crippen LogP contribution in [-0.2, 0) is 14.3 Å². The Morgan fingerprint density at radius 2 is 1.46 bits per heavy atom. The first-order valence-corrected chi connectivity index (χ1v) is 16.2. The fraction of sp³-hybridized carbons (Fsp3) is 0.457. The fourth-order valence-electron chi connectivity index (χ4n) is 5.06. The maximum Gasteiger partial charge on any atom is 0.338 e.